The molecule has 1 aromatic carbocycles. The number of aryl methyl sites for hydroxylation is 1. The van der Waals surface area contributed by atoms with Crippen LogP contribution in [-0.4, -0.2) is 14.2 Å². The Morgan fingerprint density at radius 2 is 2.06 bits per heavy atom. The quantitative estimate of drug-likeness (QED) is 0.912. The minimum Gasteiger partial charge on any atom is -0.496 e. The molecule has 0 spiro atoms. The second kappa shape index (κ2) is 5.87. The standard InChI is InChI=1S/C14H16BrNOS/c1-9-8-10(4-5-11(9)17-3)14(16-2)12-6-7-13(15)18-12/h4-8,14,16H,1-3H3. The predicted octanol–water partition coefficient (Wildman–Crippen LogP) is 4.14. The van der Waals surface area contributed by atoms with Crippen LogP contribution >= 0.6 is 27.3 Å². The molecule has 1 unspecified atom stereocenters. The average Bonchev–Trinajstić information content (AvgIpc) is 2.77. The highest BCUT2D eigenvalue weighted by atomic mass is 79.9. The van der Waals surface area contributed by atoms with Crippen molar-refractivity contribution in [2.24, 2.45) is 0 Å². The lowest BCUT2D eigenvalue weighted by Gasteiger charge is -2.16. The zero-order chi connectivity index (χ0) is 13.1. The summed E-state index contributed by atoms with van der Waals surface area (Å²) in [5.74, 6) is 0.931. The molecule has 96 valence electrons. The lowest BCUT2D eigenvalue weighted by atomic mass is 10.0. The number of halogens is 1. The molecule has 0 saturated carbocycles. The van der Waals surface area contributed by atoms with E-state index in [1.165, 1.54) is 10.4 Å². The molecule has 0 radical (unpaired) electrons. The zero-order valence-electron chi connectivity index (χ0n) is 10.7. The fourth-order valence-corrected chi connectivity index (χ4v) is 3.60. The molecule has 1 heterocycles. The predicted molar refractivity (Wildman–Crippen MR) is 80.7 cm³/mol. The van der Waals surface area contributed by atoms with Crippen LogP contribution in [0, 0.1) is 6.92 Å². The molecule has 4 heteroatoms. The van der Waals surface area contributed by atoms with E-state index in [9.17, 15) is 0 Å². The molecule has 2 nitrogen and oxygen atoms in total. The van der Waals surface area contributed by atoms with Gasteiger partial charge in [-0.15, -0.1) is 11.3 Å². The average molecular weight is 326 g/mol. The van der Waals surface area contributed by atoms with E-state index in [-0.39, 0.29) is 6.04 Å². The van der Waals surface area contributed by atoms with Gasteiger partial charge in [0.05, 0.1) is 16.9 Å². The highest BCUT2D eigenvalue weighted by molar-refractivity contribution is 9.11. The van der Waals surface area contributed by atoms with Crippen LogP contribution in [0.5, 0.6) is 5.75 Å². The number of rotatable bonds is 4. The molecule has 0 saturated heterocycles. The first-order valence-electron chi connectivity index (χ1n) is 5.72. The third-order valence-corrected chi connectivity index (χ3v) is 4.61. The SMILES string of the molecule is CNC(c1ccc(OC)c(C)c1)c1ccc(Br)s1. The number of ether oxygens (including phenoxy) is 1. The molecule has 2 aromatic rings. The largest absolute Gasteiger partial charge is 0.496 e. The summed E-state index contributed by atoms with van der Waals surface area (Å²) in [4.78, 5) is 1.30. The van der Waals surface area contributed by atoms with Crippen molar-refractivity contribution in [3.8, 4) is 5.75 Å². The molecule has 18 heavy (non-hydrogen) atoms. The van der Waals surface area contributed by atoms with Crippen molar-refractivity contribution in [2.45, 2.75) is 13.0 Å². The number of hydrogen-bond donors (Lipinski definition) is 1. The second-order valence-electron chi connectivity index (χ2n) is 4.09. The molecular formula is C14H16BrNOS. The molecule has 0 amide bonds. The third kappa shape index (κ3) is 2.76. The van der Waals surface area contributed by atoms with E-state index >= 15 is 0 Å². The van der Waals surface area contributed by atoms with Gasteiger partial charge in [-0.3, -0.25) is 0 Å². The number of methoxy groups -OCH3 is 1. The second-order valence-corrected chi connectivity index (χ2v) is 6.59. The summed E-state index contributed by atoms with van der Waals surface area (Å²) in [6.07, 6.45) is 0. The van der Waals surface area contributed by atoms with Gasteiger partial charge in [0.2, 0.25) is 0 Å². The summed E-state index contributed by atoms with van der Waals surface area (Å²) in [6.45, 7) is 2.07. The Balaban J connectivity index is 2.36. The number of thiophene rings is 1. The van der Waals surface area contributed by atoms with Crippen LogP contribution in [0.15, 0.2) is 34.1 Å². The molecule has 0 aliphatic rings. The van der Waals surface area contributed by atoms with Gasteiger partial charge in [-0.05, 0) is 59.2 Å². The van der Waals surface area contributed by atoms with Crippen LogP contribution in [0.3, 0.4) is 0 Å². The van der Waals surface area contributed by atoms with Gasteiger partial charge in [0.25, 0.3) is 0 Å². The normalized spacial score (nSPS) is 12.4. The van der Waals surface area contributed by atoms with E-state index in [0.29, 0.717) is 0 Å². The van der Waals surface area contributed by atoms with Crippen molar-refractivity contribution in [1.29, 1.82) is 0 Å². The first-order valence-corrected chi connectivity index (χ1v) is 7.33. The van der Waals surface area contributed by atoms with Crippen molar-refractivity contribution in [2.75, 3.05) is 14.2 Å². The van der Waals surface area contributed by atoms with E-state index in [1.54, 1.807) is 18.4 Å². The van der Waals surface area contributed by atoms with E-state index in [4.69, 9.17) is 4.74 Å². The van der Waals surface area contributed by atoms with Crippen LogP contribution in [0.25, 0.3) is 0 Å². The van der Waals surface area contributed by atoms with E-state index in [2.05, 4.69) is 52.4 Å². The van der Waals surface area contributed by atoms with Crippen molar-refractivity contribution in [3.05, 3.63) is 50.1 Å². The van der Waals surface area contributed by atoms with Crippen LogP contribution in [0.2, 0.25) is 0 Å². The molecule has 2 rings (SSSR count). The van der Waals surface area contributed by atoms with Crippen LogP contribution < -0.4 is 10.1 Å². The van der Waals surface area contributed by atoms with Gasteiger partial charge in [0.15, 0.2) is 0 Å². The van der Waals surface area contributed by atoms with Crippen LogP contribution in [0.1, 0.15) is 22.0 Å². The van der Waals surface area contributed by atoms with Crippen molar-refractivity contribution in [1.82, 2.24) is 5.32 Å². The van der Waals surface area contributed by atoms with E-state index in [1.807, 2.05) is 13.1 Å². The summed E-state index contributed by atoms with van der Waals surface area (Å²) in [6, 6.07) is 10.8. The Hall–Kier alpha value is -0.840. The number of hydrogen-bond acceptors (Lipinski definition) is 3. The molecule has 0 aliphatic heterocycles. The maximum absolute atomic E-state index is 5.30. The maximum atomic E-state index is 5.30. The fraction of sp³-hybridized carbons (Fsp3) is 0.286. The lowest BCUT2D eigenvalue weighted by Crippen LogP contribution is -2.16. The Morgan fingerprint density at radius 1 is 1.28 bits per heavy atom. The van der Waals surface area contributed by atoms with Crippen molar-refractivity contribution in [3.63, 3.8) is 0 Å². The Kier molecular flexibility index (Phi) is 4.43. The Bertz CT molecular complexity index is 538. The molecule has 1 atom stereocenters. The first-order chi connectivity index (χ1) is 8.65. The number of benzene rings is 1. The van der Waals surface area contributed by atoms with Gasteiger partial charge >= 0.3 is 0 Å². The molecule has 1 N–H and O–H groups in total. The van der Waals surface area contributed by atoms with Crippen LogP contribution in [-0.2, 0) is 0 Å². The van der Waals surface area contributed by atoms with Gasteiger partial charge in [-0.2, -0.15) is 0 Å². The smallest absolute Gasteiger partial charge is 0.121 e. The molecular weight excluding hydrogens is 310 g/mol. The minimum absolute atomic E-state index is 0.228. The Labute approximate surface area is 120 Å². The topological polar surface area (TPSA) is 21.3 Å². The summed E-state index contributed by atoms with van der Waals surface area (Å²) < 4.78 is 6.45. The molecule has 0 aliphatic carbocycles. The van der Waals surface area contributed by atoms with Crippen molar-refractivity contribution < 1.29 is 4.74 Å². The van der Waals surface area contributed by atoms with Gasteiger partial charge < -0.3 is 10.1 Å². The van der Waals surface area contributed by atoms with Gasteiger partial charge in [-0.1, -0.05) is 12.1 Å². The highest BCUT2D eigenvalue weighted by Gasteiger charge is 2.15. The fourth-order valence-electron chi connectivity index (χ4n) is 2.04. The molecule has 0 fully saturated rings. The van der Waals surface area contributed by atoms with E-state index in [0.717, 1.165) is 15.1 Å². The van der Waals surface area contributed by atoms with Crippen LogP contribution in [0.4, 0.5) is 0 Å². The first kappa shape index (κ1) is 13.6. The van der Waals surface area contributed by atoms with Gasteiger partial charge in [-0.25, -0.2) is 0 Å². The summed E-state index contributed by atoms with van der Waals surface area (Å²) >= 11 is 5.26. The number of nitrogens with one attached hydrogen (secondary N) is 1. The van der Waals surface area contributed by atoms with E-state index < -0.39 is 0 Å². The lowest BCUT2D eigenvalue weighted by molar-refractivity contribution is 0.411. The Morgan fingerprint density at radius 3 is 2.56 bits per heavy atom. The molecule has 0 bridgehead atoms. The summed E-state index contributed by atoms with van der Waals surface area (Å²) in [7, 11) is 3.69. The third-order valence-electron chi connectivity index (χ3n) is 2.92. The zero-order valence-corrected chi connectivity index (χ0v) is 13.1. The molecule has 1 aromatic heterocycles. The van der Waals surface area contributed by atoms with Crippen molar-refractivity contribution >= 4 is 27.3 Å². The summed E-state index contributed by atoms with van der Waals surface area (Å²) in [5.41, 5.74) is 2.41. The highest BCUT2D eigenvalue weighted by Crippen LogP contribution is 2.32. The minimum atomic E-state index is 0.228. The monoisotopic (exact) mass is 325 g/mol. The van der Waals surface area contributed by atoms with Gasteiger partial charge in [0.1, 0.15) is 5.75 Å². The van der Waals surface area contributed by atoms with Gasteiger partial charge in [0, 0.05) is 4.88 Å². The maximum Gasteiger partial charge on any atom is 0.121 e. The summed E-state index contributed by atoms with van der Waals surface area (Å²) in [5, 5.41) is 3.36.